The molecule has 3 aliphatic rings. The number of sulfonamides is 1. The summed E-state index contributed by atoms with van der Waals surface area (Å²) in [7, 11) is -1.97. The number of carbonyl (C=O) groups is 2. The van der Waals surface area contributed by atoms with Crippen LogP contribution in [0, 0.1) is 11.8 Å². The summed E-state index contributed by atoms with van der Waals surface area (Å²) in [6.07, 6.45) is 5.64. The second-order valence-corrected chi connectivity index (χ2v) is 12.2. The van der Waals surface area contributed by atoms with Crippen LogP contribution in [-0.2, 0) is 25.0 Å². The first kappa shape index (κ1) is 23.2. The highest BCUT2D eigenvalue weighted by molar-refractivity contribution is 7.89. The zero-order valence-corrected chi connectivity index (χ0v) is 20.4. The van der Waals surface area contributed by atoms with Crippen molar-refractivity contribution in [2.24, 2.45) is 11.8 Å². The molecular formula is C24H35N3O4S. The number of hydrogen-bond acceptors (Lipinski definition) is 4. The van der Waals surface area contributed by atoms with Crippen molar-refractivity contribution in [3.8, 4) is 0 Å². The number of carbonyl (C=O) groups excluding carboxylic acids is 2. The number of rotatable bonds is 4. The van der Waals surface area contributed by atoms with Crippen molar-refractivity contribution in [1.82, 2.24) is 9.62 Å². The number of hydrogen-bond donors (Lipinski definition) is 1. The second kappa shape index (κ2) is 8.45. The minimum atomic E-state index is -3.68. The molecule has 2 amide bonds. The van der Waals surface area contributed by atoms with Gasteiger partial charge in [-0.3, -0.25) is 9.59 Å². The Balaban J connectivity index is 1.43. The Hall–Kier alpha value is -1.93. The van der Waals surface area contributed by atoms with Crippen LogP contribution in [0.1, 0.15) is 64.9 Å². The van der Waals surface area contributed by atoms with E-state index in [1.165, 1.54) is 10.7 Å². The number of likely N-dealkylation sites (N-methyl/N-ethyl adjacent to an activating group) is 1. The molecule has 1 saturated carbocycles. The van der Waals surface area contributed by atoms with Gasteiger partial charge in [-0.05, 0) is 69.2 Å². The first-order chi connectivity index (χ1) is 15.0. The molecule has 0 bridgehead atoms. The van der Waals surface area contributed by atoms with E-state index < -0.39 is 15.4 Å². The smallest absolute Gasteiger partial charge is 0.243 e. The van der Waals surface area contributed by atoms with Crippen LogP contribution in [0.2, 0.25) is 0 Å². The summed E-state index contributed by atoms with van der Waals surface area (Å²) in [5.74, 6) is 0.395. The number of piperidine rings is 1. The Labute approximate surface area is 191 Å². The van der Waals surface area contributed by atoms with E-state index in [1.54, 1.807) is 30.1 Å². The lowest BCUT2D eigenvalue weighted by atomic mass is 9.85. The number of fused-ring (bicyclic) bond motifs is 1. The average Bonchev–Trinajstić information content (AvgIpc) is 2.95. The molecular weight excluding hydrogens is 426 g/mol. The van der Waals surface area contributed by atoms with Gasteiger partial charge in [0, 0.05) is 37.8 Å². The molecule has 0 aromatic heterocycles. The van der Waals surface area contributed by atoms with Crippen molar-refractivity contribution in [3.05, 3.63) is 23.8 Å². The minimum Gasteiger partial charge on any atom is -0.353 e. The van der Waals surface area contributed by atoms with Crippen molar-refractivity contribution in [2.45, 2.75) is 75.6 Å². The van der Waals surface area contributed by atoms with Crippen LogP contribution in [0.3, 0.4) is 0 Å². The number of amides is 2. The Kier molecular flexibility index (Phi) is 6.13. The summed E-state index contributed by atoms with van der Waals surface area (Å²) >= 11 is 0. The third-order valence-electron chi connectivity index (χ3n) is 7.74. The Morgan fingerprint density at radius 1 is 1.09 bits per heavy atom. The van der Waals surface area contributed by atoms with Gasteiger partial charge in [0.2, 0.25) is 21.8 Å². The molecule has 32 heavy (non-hydrogen) atoms. The minimum absolute atomic E-state index is 0.0406. The molecule has 2 atom stereocenters. The van der Waals surface area contributed by atoms with Gasteiger partial charge in [-0.15, -0.1) is 0 Å². The molecule has 7 nitrogen and oxygen atoms in total. The van der Waals surface area contributed by atoms with Crippen LogP contribution in [0.25, 0.3) is 0 Å². The maximum atomic E-state index is 13.3. The molecule has 2 fully saturated rings. The monoisotopic (exact) mass is 461 g/mol. The first-order valence-electron chi connectivity index (χ1n) is 11.8. The predicted octanol–water partition coefficient (Wildman–Crippen LogP) is 3.04. The first-order valence-corrected chi connectivity index (χ1v) is 13.2. The van der Waals surface area contributed by atoms with Crippen LogP contribution in [-0.4, -0.2) is 50.7 Å². The highest BCUT2D eigenvalue weighted by atomic mass is 32.2. The SMILES string of the molecule is C[C@H]1CCCC[C@@H]1NC(=O)C1CCN(S(=O)(=O)c2ccc3c(c2)C(C)(C)C(=O)N3C)CC1. The summed E-state index contributed by atoms with van der Waals surface area (Å²) in [6.45, 7) is 6.51. The second-order valence-electron chi connectivity index (χ2n) is 10.2. The Morgan fingerprint density at radius 3 is 2.41 bits per heavy atom. The third kappa shape index (κ3) is 3.96. The lowest BCUT2D eigenvalue weighted by Crippen LogP contribution is -2.47. The van der Waals surface area contributed by atoms with Crippen molar-refractivity contribution in [3.63, 3.8) is 0 Å². The largest absolute Gasteiger partial charge is 0.353 e. The van der Waals surface area contributed by atoms with E-state index in [0.717, 1.165) is 30.5 Å². The lowest BCUT2D eigenvalue weighted by molar-refractivity contribution is -0.127. The molecule has 0 unspecified atom stereocenters. The van der Waals surface area contributed by atoms with Crippen molar-refractivity contribution in [1.29, 1.82) is 0 Å². The fraction of sp³-hybridized carbons (Fsp3) is 0.667. The van der Waals surface area contributed by atoms with Crippen molar-refractivity contribution in [2.75, 3.05) is 25.0 Å². The van der Waals surface area contributed by atoms with E-state index in [9.17, 15) is 18.0 Å². The summed E-state index contributed by atoms with van der Waals surface area (Å²) < 4.78 is 28.1. The van der Waals surface area contributed by atoms with Gasteiger partial charge in [0.25, 0.3) is 0 Å². The van der Waals surface area contributed by atoms with Gasteiger partial charge < -0.3 is 10.2 Å². The highest BCUT2D eigenvalue weighted by Crippen LogP contribution is 2.42. The molecule has 176 valence electrons. The van der Waals surface area contributed by atoms with E-state index in [0.29, 0.717) is 31.8 Å². The predicted molar refractivity (Wildman–Crippen MR) is 124 cm³/mol. The van der Waals surface area contributed by atoms with Crippen LogP contribution in [0.15, 0.2) is 23.1 Å². The van der Waals surface area contributed by atoms with E-state index in [4.69, 9.17) is 0 Å². The van der Waals surface area contributed by atoms with Crippen LogP contribution >= 0.6 is 0 Å². The molecule has 0 radical (unpaired) electrons. The molecule has 2 heterocycles. The topological polar surface area (TPSA) is 86.8 Å². The molecule has 2 aliphatic heterocycles. The summed E-state index contributed by atoms with van der Waals surface area (Å²) in [4.78, 5) is 27.1. The summed E-state index contributed by atoms with van der Waals surface area (Å²) in [5.41, 5.74) is 0.741. The van der Waals surface area contributed by atoms with E-state index in [1.807, 2.05) is 13.8 Å². The van der Waals surface area contributed by atoms with Crippen LogP contribution in [0.5, 0.6) is 0 Å². The Morgan fingerprint density at radius 2 is 1.75 bits per heavy atom. The van der Waals surface area contributed by atoms with Gasteiger partial charge in [-0.1, -0.05) is 19.8 Å². The number of anilines is 1. The molecule has 1 aromatic carbocycles. The number of nitrogens with zero attached hydrogens (tertiary/aromatic N) is 2. The summed E-state index contributed by atoms with van der Waals surface area (Å²) in [6, 6.07) is 5.20. The number of benzene rings is 1. The molecule has 1 saturated heterocycles. The molecule has 1 aliphatic carbocycles. The normalized spacial score (nSPS) is 26.8. The molecule has 0 spiro atoms. The quantitative estimate of drug-likeness (QED) is 0.747. The van der Waals surface area contributed by atoms with Crippen LogP contribution < -0.4 is 10.2 Å². The third-order valence-corrected chi connectivity index (χ3v) is 9.64. The van der Waals surface area contributed by atoms with Gasteiger partial charge in [0.1, 0.15) is 0 Å². The van der Waals surface area contributed by atoms with Crippen LogP contribution in [0.4, 0.5) is 5.69 Å². The lowest BCUT2D eigenvalue weighted by Gasteiger charge is -2.34. The fourth-order valence-electron chi connectivity index (χ4n) is 5.45. The molecule has 4 rings (SSSR count). The fourth-order valence-corrected chi connectivity index (χ4v) is 6.95. The van der Waals surface area contributed by atoms with Gasteiger partial charge >= 0.3 is 0 Å². The van der Waals surface area contributed by atoms with Gasteiger partial charge in [-0.2, -0.15) is 4.31 Å². The van der Waals surface area contributed by atoms with E-state index in [2.05, 4.69) is 12.2 Å². The van der Waals surface area contributed by atoms with E-state index in [-0.39, 0.29) is 28.7 Å². The Bertz CT molecular complexity index is 1010. The van der Waals surface area contributed by atoms with Crippen molar-refractivity contribution >= 4 is 27.5 Å². The molecule has 1 N–H and O–H groups in total. The van der Waals surface area contributed by atoms with Crippen molar-refractivity contribution < 1.29 is 18.0 Å². The maximum absolute atomic E-state index is 13.3. The standard InChI is InChI=1S/C24H35N3O4S/c1-16-7-5-6-8-20(16)25-22(28)17-11-13-27(14-12-17)32(30,31)18-9-10-21-19(15-18)24(2,3)23(29)26(21)4/h9-10,15-17,20H,5-8,11-14H2,1-4H3,(H,25,28)/t16-,20-/m0/s1. The molecule has 1 aromatic rings. The summed E-state index contributed by atoms with van der Waals surface area (Å²) in [5, 5.41) is 3.23. The zero-order valence-electron chi connectivity index (χ0n) is 19.6. The molecule has 8 heteroatoms. The van der Waals surface area contributed by atoms with Gasteiger partial charge in [0.15, 0.2) is 0 Å². The van der Waals surface area contributed by atoms with Gasteiger partial charge in [0.05, 0.1) is 10.3 Å². The van der Waals surface area contributed by atoms with E-state index >= 15 is 0 Å². The number of nitrogens with one attached hydrogen (secondary N) is 1. The highest BCUT2D eigenvalue weighted by Gasteiger charge is 2.43. The maximum Gasteiger partial charge on any atom is 0.243 e. The zero-order chi connectivity index (χ0) is 23.3. The average molecular weight is 462 g/mol. The van der Waals surface area contributed by atoms with Gasteiger partial charge in [-0.25, -0.2) is 8.42 Å².